The van der Waals surface area contributed by atoms with Crippen LogP contribution in [0.3, 0.4) is 0 Å². The lowest BCUT2D eigenvalue weighted by atomic mass is 10.1. The van der Waals surface area contributed by atoms with E-state index in [2.05, 4.69) is 9.97 Å². The first-order valence-corrected chi connectivity index (χ1v) is 8.59. The summed E-state index contributed by atoms with van der Waals surface area (Å²) in [4.78, 5) is 30.5. The summed E-state index contributed by atoms with van der Waals surface area (Å²) in [7, 11) is 0. The van der Waals surface area contributed by atoms with Crippen LogP contribution in [0.25, 0.3) is 11.0 Å². The Kier molecular flexibility index (Phi) is 4.99. The van der Waals surface area contributed by atoms with Gasteiger partial charge in [-0.05, 0) is 31.2 Å². The number of carbonyl (C=O) groups is 1. The molecule has 0 unspecified atom stereocenters. The Bertz CT molecular complexity index is 906. The third-order valence-electron chi connectivity index (χ3n) is 3.49. The molecule has 25 heavy (non-hydrogen) atoms. The number of hydrogen-bond acceptors (Lipinski definition) is 6. The van der Waals surface area contributed by atoms with E-state index in [9.17, 15) is 14.9 Å². The molecule has 3 aromatic rings. The van der Waals surface area contributed by atoms with Crippen molar-refractivity contribution in [3.8, 4) is 5.75 Å². The van der Waals surface area contributed by atoms with Crippen LogP contribution in [0.5, 0.6) is 5.75 Å². The molecule has 0 atom stereocenters. The smallest absolute Gasteiger partial charge is 0.311 e. The molecular formula is C17H15N3O4S. The number of Topliss-reactive ketones (excluding diaryl/α,β-unsaturated/α-hetero) is 1. The molecule has 0 saturated carbocycles. The van der Waals surface area contributed by atoms with Gasteiger partial charge in [0.15, 0.2) is 16.7 Å². The maximum absolute atomic E-state index is 12.4. The summed E-state index contributed by atoms with van der Waals surface area (Å²) >= 11 is 1.26. The van der Waals surface area contributed by atoms with E-state index >= 15 is 0 Å². The monoisotopic (exact) mass is 357 g/mol. The molecule has 7 nitrogen and oxygen atoms in total. The number of ether oxygens (including phenoxy) is 1. The van der Waals surface area contributed by atoms with Crippen molar-refractivity contribution in [2.45, 2.75) is 12.1 Å². The molecule has 0 saturated heterocycles. The molecule has 128 valence electrons. The fourth-order valence-corrected chi connectivity index (χ4v) is 3.11. The lowest BCUT2D eigenvalue weighted by Gasteiger charge is -2.05. The van der Waals surface area contributed by atoms with Crippen molar-refractivity contribution in [3.63, 3.8) is 0 Å². The number of carbonyl (C=O) groups excluding carboxylic acids is 1. The molecule has 1 aromatic heterocycles. The molecule has 0 radical (unpaired) electrons. The van der Waals surface area contributed by atoms with Gasteiger partial charge in [-0.1, -0.05) is 23.9 Å². The second-order valence-corrected chi connectivity index (χ2v) is 6.11. The summed E-state index contributed by atoms with van der Waals surface area (Å²) in [5.74, 6) is 0.0795. The van der Waals surface area contributed by atoms with E-state index in [1.54, 1.807) is 13.0 Å². The minimum Gasteiger partial charge on any atom is -0.487 e. The molecule has 0 fully saturated rings. The average molecular weight is 357 g/mol. The molecule has 0 aliphatic heterocycles. The molecule has 0 aliphatic rings. The van der Waals surface area contributed by atoms with Gasteiger partial charge in [-0.25, -0.2) is 4.98 Å². The highest BCUT2D eigenvalue weighted by Crippen LogP contribution is 2.29. The number of hydrogen-bond donors (Lipinski definition) is 1. The second kappa shape index (κ2) is 7.35. The summed E-state index contributed by atoms with van der Waals surface area (Å²) in [6, 6.07) is 11.8. The van der Waals surface area contributed by atoms with Crippen molar-refractivity contribution < 1.29 is 14.5 Å². The quantitative estimate of drug-likeness (QED) is 0.298. The van der Waals surface area contributed by atoms with Crippen molar-refractivity contribution in [3.05, 3.63) is 58.1 Å². The zero-order valence-corrected chi connectivity index (χ0v) is 14.2. The number of nitro benzene ring substituents is 1. The number of thioether (sulfide) groups is 1. The normalized spacial score (nSPS) is 10.8. The van der Waals surface area contributed by atoms with E-state index in [-0.39, 0.29) is 28.5 Å². The number of imidazole rings is 1. The second-order valence-electron chi connectivity index (χ2n) is 5.14. The highest BCUT2D eigenvalue weighted by atomic mass is 32.2. The van der Waals surface area contributed by atoms with Gasteiger partial charge in [0, 0.05) is 11.6 Å². The van der Waals surface area contributed by atoms with Gasteiger partial charge < -0.3 is 9.72 Å². The summed E-state index contributed by atoms with van der Waals surface area (Å²) in [5.41, 5.74) is 1.79. The largest absolute Gasteiger partial charge is 0.487 e. The molecule has 0 spiro atoms. The maximum atomic E-state index is 12.4. The van der Waals surface area contributed by atoms with Crippen LogP contribution in [0, 0.1) is 10.1 Å². The number of nitro groups is 1. The molecular weight excluding hydrogens is 342 g/mol. The van der Waals surface area contributed by atoms with Gasteiger partial charge in [0.05, 0.1) is 28.3 Å². The highest BCUT2D eigenvalue weighted by Gasteiger charge is 2.19. The first-order valence-electron chi connectivity index (χ1n) is 7.60. The van der Waals surface area contributed by atoms with Gasteiger partial charge >= 0.3 is 5.69 Å². The molecule has 8 heteroatoms. The minimum atomic E-state index is -0.547. The van der Waals surface area contributed by atoms with Gasteiger partial charge in [-0.15, -0.1) is 0 Å². The minimum absolute atomic E-state index is 0.130. The van der Waals surface area contributed by atoms with E-state index in [4.69, 9.17) is 4.74 Å². The van der Waals surface area contributed by atoms with Crippen LogP contribution in [-0.4, -0.2) is 33.0 Å². The van der Waals surface area contributed by atoms with Crippen LogP contribution in [0.4, 0.5) is 5.69 Å². The number of nitrogens with zero attached hydrogens (tertiary/aromatic N) is 2. The van der Waals surface area contributed by atoms with Crippen LogP contribution in [0.15, 0.2) is 47.6 Å². The number of fused-ring (bicyclic) bond motifs is 1. The number of aromatic nitrogens is 2. The highest BCUT2D eigenvalue weighted by molar-refractivity contribution is 7.99. The van der Waals surface area contributed by atoms with E-state index in [0.29, 0.717) is 11.8 Å². The van der Waals surface area contributed by atoms with Crippen molar-refractivity contribution in [1.82, 2.24) is 9.97 Å². The van der Waals surface area contributed by atoms with Crippen molar-refractivity contribution in [1.29, 1.82) is 0 Å². The van der Waals surface area contributed by atoms with Crippen molar-refractivity contribution >= 4 is 34.3 Å². The number of ketones is 1. The Labute approximate surface area is 147 Å². The summed E-state index contributed by atoms with van der Waals surface area (Å²) in [5, 5.41) is 11.8. The number of H-pyrrole nitrogens is 1. The zero-order chi connectivity index (χ0) is 17.8. The standard InChI is InChI=1S/C17H15N3O4S/c1-2-24-16-8-7-11(9-14(16)20(22)23)15(21)10-25-17-18-12-5-3-4-6-13(12)19-17/h3-9H,2,10H2,1H3,(H,18,19). The van der Waals surface area contributed by atoms with Crippen molar-refractivity contribution in [2.75, 3.05) is 12.4 Å². The summed E-state index contributed by atoms with van der Waals surface area (Å²) in [6.07, 6.45) is 0. The fraction of sp³-hybridized carbons (Fsp3) is 0.176. The van der Waals surface area contributed by atoms with Gasteiger partial charge in [0.25, 0.3) is 0 Å². The SMILES string of the molecule is CCOc1ccc(C(=O)CSc2nc3ccccc3[nH]2)cc1[N+](=O)[O-]. The maximum Gasteiger partial charge on any atom is 0.311 e. The predicted octanol–water partition coefficient (Wildman–Crippen LogP) is 3.84. The molecule has 1 N–H and O–H groups in total. The van der Waals surface area contributed by atoms with E-state index < -0.39 is 4.92 Å². The van der Waals surface area contributed by atoms with E-state index in [1.165, 1.54) is 23.9 Å². The van der Waals surface area contributed by atoms with E-state index in [0.717, 1.165) is 11.0 Å². The number of benzene rings is 2. The van der Waals surface area contributed by atoms with Crippen LogP contribution >= 0.6 is 11.8 Å². The third kappa shape index (κ3) is 3.80. The van der Waals surface area contributed by atoms with Crippen LogP contribution in [-0.2, 0) is 0 Å². The number of aromatic amines is 1. The fourth-order valence-electron chi connectivity index (χ4n) is 2.33. The topological polar surface area (TPSA) is 98.1 Å². The predicted molar refractivity (Wildman–Crippen MR) is 95.4 cm³/mol. The Balaban J connectivity index is 1.74. The number of para-hydroxylation sites is 2. The van der Waals surface area contributed by atoms with Gasteiger partial charge in [0.2, 0.25) is 0 Å². The molecule has 0 bridgehead atoms. The number of rotatable bonds is 7. The first-order chi connectivity index (χ1) is 12.1. The molecule has 3 rings (SSSR count). The lowest BCUT2D eigenvalue weighted by Crippen LogP contribution is -2.05. The number of nitrogens with one attached hydrogen (secondary N) is 1. The Morgan fingerprint density at radius 2 is 2.12 bits per heavy atom. The van der Waals surface area contributed by atoms with Gasteiger partial charge in [0.1, 0.15) is 0 Å². The van der Waals surface area contributed by atoms with Gasteiger partial charge in [-0.3, -0.25) is 14.9 Å². The first kappa shape index (κ1) is 17.0. The Hall–Kier alpha value is -2.87. The zero-order valence-electron chi connectivity index (χ0n) is 13.4. The van der Waals surface area contributed by atoms with Crippen LogP contribution in [0.2, 0.25) is 0 Å². The van der Waals surface area contributed by atoms with E-state index in [1.807, 2.05) is 24.3 Å². The Morgan fingerprint density at radius 1 is 1.32 bits per heavy atom. The molecule has 2 aromatic carbocycles. The molecule has 0 aliphatic carbocycles. The van der Waals surface area contributed by atoms with Crippen LogP contribution in [0.1, 0.15) is 17.3 Å². The van der Waals surface area contributed by atoms with Crippen molar-refractivity contribution in [2.24, 2.45) is 0 Å². The molecule has 1 heterocycles. The Morgan fingerprint density at radius 3 is 2.84 bits per heavy atom. The lowest BCUT2D eigenvalue weighted by molar-refractivity contribution is -0.385. The molecule has 0 amide bonds. The summed E-state index contributed by atoms with van der Waals surface area (Å²) in [6.45, 7) is 2.06. The summed E-state index contributed by atoms with van der Waals surface area (Å²) < 4.78 is 5.22. The average Bonchev–Trinajstić information content (AvgIpc) is 3.03. The third-order valence-corrected chi connectivity index (χ3v) is 4.36. The van der Waals surface area contributed by atoms with Gasteiger partial charge in [-0.2, -0.15) is 0 Å². The van der Waals surface area contributed by atoms with Crippen LogP contribution < -0.4 is 4.74 Å².